The van der Waals surface area contributed by atoms with Gasteiger partial charge in [-0.1, -0.05) is 13.3 Å². The van der Waals surface area contributed by atoms with Gasteiger partial charge in [0.1, 0.15) is 0 Å². The molecule has 0 aliphatic rings. The second-order valence-corrected chi connectivity index (χ2v) is 1.73. The van der Waals surface area contributed by atoms with Crippen molar-refractivity contribution in [3.8, 4) is 0 Å². The van der Waals surface area contributed by atoms with Crippen molar-refractivity contribution in [3.63, 3.8) is 0 Å². The van der Waals surface area contributed by atoms with Crippen LogP contribution >= 0.6 is 0 Å². The van der Waals surface area contributed by atoms with Crippen molar-refractivity contribution in [2.75, 3.05) is 0 Å². The Kier molecular flexibility index (Phi) is 3.32. The van der Waals surface area contributed by atoms with Gasteiger partial charge in [0, 0.05) is 5.82 Å². The maximum absolute atomic E-state index is 9.96. The maximum Gasteiger partial charge on any atom is 0.297 e. The second kappa shape index (κ2) is 3.53. The summed E-state index contributed by atoms with van der Waals surface area (Å²) < 4.78 is 0. The highest BCUT2D eigenvalue weighted by atomic mass is 16.4. The normalized spacial score (nSPS) is 13.1. The van der Waals surface area contributed by atoms with Crippen molar-refractivity contribution >= 4 is 13.8 Å². The third-order valence-electron chi connectivity index (χ3n) is 0.917. The SMILES string of the molecule is [B][C@H](CCC)C(=O)O. The molecule has 8 heavy (non-hydrogen) atoms. The number of hydrogen-bond acceptors (Lipinski definition) is 1. The summed E-state index contributed by atoms with van der Waals surface area (Å²) in [6.07, 6.45) is 1.39. The predicted octanol–water partition coefficient (Wildman–Crippen LogP) is 0.828. The molecule has 2 nitrogen and oxygen atoms in total. The number of aliphatic carboxylic acids is 1. The van der Waals surface area contributed by atoms with Crippen LogP contribution in [0.5, 0.6) is 0 Å². The average Bonchev–Trinajstić information content (AvgIpc) is 1.67. The van der Waals surface area contributed by atoms with Gasteiger partial charge >= 0.3 is 0 Å². The van der Waals surface area contributed by atoms with E-state index in [1.807, 2.05) is 6.92 Å². The fourth-order valence-corrected chi connectivity index (χ4v) is 0.434. The largest absolute Gasteiger partial charge is 0.482 e. The van der Waals surface area contributed by atoms with E-state index in [0.717, 1.165) is 6.42 Å². The van der Waals surface area contributed by atoms with Crippen LogP contribution in [-0.2, 0) is 4.79 Å². The van der Waals surface area contributed by atoms with Gasteiger partial charge in [-0.05, 0) is 6.42 Å². The summed E-state index contributed by atoms with van der Waals surface area (Å²) >= 11 is 0. The van der Waals surface area contributed by atoms with Gasteiger partial charge in [0.15, 0.2) is 0 Å². The minimum atomic E-state index is -0.910. The topological polar surface area (TPSA) is 37.3 Å². The molecule has 0 bridgehead atoms. The van der Waals surface area contributed by atoms with Gasteiger partial charge in [-0.15, -0.1) is 0 Å². The summed E-state index contributed by atoms with van der Waals surface area (Å²) in [5.41, 5.74) is 0. The Hall–Kier alpha value is -0.465. The van der Waals surface area contributed by atoms with Crippen LogP contribution in [0.4, 0.5) is 0 Å². The molecule has 2 radical (unpaired) electrons. The van der Waals surface area contributed by atoms with Crippen molar-refractivity contribution in [2.24, 2.45) is 0 Å². The van der Waals surface area contributed by atoms with Gasteiger partial charge < -0.3 is 5.11 Å². The van der Waals surface area contributed by atoms with Crippen LogP contribution < -0.4 is 0 Å². The van der Waals surface area contributed by atoms with Crippen LogP contribution in [0.15, 0.2) is 0 Å². The first-order chi connectivity index (χ1) is 3.68. The zero-order valence-electron chi connectivity index (χ0n) is 4.92. The minimum Gasteiger partial charge on any atom is -0.482 e. The zero-order chi connectivity index (χ0) is 6.57. The molecule has 0 fully saturated rings. The summed E-state index contributed by atoms with van der Waals surface area (Å²) in [7, 11) is 5.13. The lowest BCUT2D eigenvalue weighted by molar-refractivity contribution is -0.137. The molecule has 0 aliphatic heterocycles. The molecular formula is C5H9BO2. The van der Waals surface area contributed by atoms with Gasteiger partial charge in [-0.2, -0.15) is 0 Å². The summed E-state index contributed by atoms with van der Waals surface area (Å²) in [6.45, 7) is 1.91. The number of carbonyl (C=O) groups is 1. The molecule has 0 amide bonds. The molecule has 0 aliphatic carbocycles. The van der Waals surface area contributed by atoms with Gasteiger partial charge in [0.2, 0.25) is 0 Å². The van der Waals surface area contributed by atoms with Crippen LogP contribution in [0.25, 0.3) is 0 Å². The van der Waals surface area contributed by atoms with Gasteiger partial charge in [0.25, 0.3) is 5.97 Å². The van der Waals surface area contributed by atoms with Crippen LogP contribution in [-0.4, -0.2) is 18.9 Å². The van der Waals surface area contributed by atoms with E-state index in [4.69, 9.17) is 13.0 Å². The molecule has 0 aromatic heterocycles. The molecule has 0 aromatic rings. The first-order valence-electron chi connectivity index (χ1n) is 2.67. The van der Waals surface area contributed by atoms with Gasteiger partial charge in [-0.25, -0.2) is 0 Å². The summed E-state index contributed by atoms with van der Waals surface area (Å²) in [5, 5.41) is 8.19. The Morgan fingerprint density at radius 3 is 2.50 bits per heavy atom. The van der Waals surface area contributed by atoms with Crippen LogP contribution in [0.1, 0.15) is 19.8 Å². The molecule has 1 N–H and O–H groups in total. The van der Waals surface area contributed by atoms with E-state index < -0.39 is 11.8 Å². The predicted molar refractivity (Wildman–Crippen MR) is 32.0 cm³/mol. The first-order valence-corrected chi connectivity index (χ1v) is 2.67. The minimum absolute atomic E-state index is 0.565. The van der Waals surface area contributed by atoms with E-state index >= 15 is 0 Å². The van der Waals surface area contributed by atoms with Gasteiger partial charge in [-0.3, -0.25) is 4.79 Å². The van der Waals surface area contributed by atoms with E-state index in [-0.39, 0.29) is 0 Å². The van der Waals surface area contributed by atoms with Crippen molar-refractivity contribution in [1.29, 1.82) is 0 Å². The summed E-state index contributed by atoms with van der Waals surface area (Å²) in [5.74, 6) is -1.58. The Labute approximate surface area is 50.3 Å². The van der Waals surface area contributed by atoms with Crippen LogP contribution in [0, 0.1) is 0 Å². The van der Waals surface area contributed by atoms with E-state index in [1.165, 1.54) is 0 Å². The van der Waals surface area contributed by atoms with E-state index in [9.17, 15) is 4.79 Å². The summed E-state index contributed by atoms with van der Waals surface area (Å²) in [4.78, 5) is 9.96. The second-order valence-electron chi connectivity index (χ2n) is 1.73. The van der Waals surface area contributed by atoms with Crippen molar-refractivity contribution in [1.82, 2.24) is 0 Å². The highest BCUT2D eigenvalue weighted by molar-refractivity contribution is 6.22. The molecule has 1 atom stereocenters. The van der Waals surface area contributed by atoms with Crippen molar-refractivity contribution < 1.29 is 9.90 Å². The Bertz CT molecular complexity index is 82.5. The third-order valence-corrected chi connectivity index (χ3v) is 0.917. The number of carboxylic acids is 1. The molecule has 0 saturated heterocycles. The molecule has 0 spiro atoms. The molecule has 0 rings (SSSR count). The Morgan fingerprint density at radius 2 is 2.38 bits per heavy atom. The average molecular weight is 112 g/mol. The molecule has 44 valence electrons. The lowest BCUT2D eigenvalue weighted by atomic mass is 9.84. The molecule has 0 aromatic carbocycles. The van der Waals surface area contributed by atoms with Crippen LogP contribution in [0.3, 0.4) is 0 Å². The summed E-state index contributed by atoms with van der Waals surface area (Å²) in [6, 6.07) is 0. The number of rotatable bonds is 3. The highest BCUT2D eigenvalue weighted by Crippen LogP contribution is 2.06. The molecule has 0 saturated carbocycles. The van der Waals surface area contributed by atoms with Crippen molar-refractivity contribution in [2.45, 2.75) is 25.6 Å². The number of hydrogen-bond donors (Lipinski definition) is 1. The van der Waals surface area contributed by atoms with Crippen molar-refractivity contribution in [3.05, 3.63) is 0 Å². The zero-order valence-corrected chi connectivity index (χ0v) is 4.92. The standard InChI is InChI=1S/C5H9BO2/c1-2-3-4(6)5(7)8/h4H,2-3H2,1H3,(H,7,8)/t4-/m1/s1. The monoisotopic (exact) mass is 112 g/mol. The lowest BCUT2D eigenvalue weighted by Crippen LogP contribution is -2.05. The Morgan fingerprint density at radius 1 is 1.88 bits per heavy atom. The van der Waals surface area contributed by atoms with E-state index in [0.29, 0.717) is 6.42 Å². The quantitative estimate of drug-likeness (QED) is 0.549. The molecular weight excluding hydrogens is 103 g/mol. The molecule has 0 heterocycles. The first kappa shape index (κ1) is 7.53. The third kappa shape index (κ3) is 2.67. The highest BCUT2D eigenvalue weighted by Gasteiger charge is 2.06. The molecule has 0 unspecified atom stereocenters. The Balaban J connectivity index is 3.32. The van der Waals surface area contributed by atoms with E-state index in [2.05, 4.69) is 0 Å². The fraction of sp³-hybridized carbons (Fsp3) is 0.800. The van der Waals surface area contributed by atoms with E-state index in [1.54, 1.807) is 0 Å². The fourth-order valence-electron chi connectivity index (χ4n) is 0.434. The lowest BCUT2D eigenvalue weighted by Gasteiger charge is -2.00. The maximum atomic E-state index is 9.96. The van der Waals surface area contributed by atoms with Gasteiger partial charge in [0.05, 0.1) is 7.85 Å². The molecule has 3 heteroatoms. The van der Waals surface area contributed by atoms with Crippen LogP contribution in [0.2, 0.25) is 5.82 Å². The smallest absolute Gasteiger partial charge is 0.297 e. The number of carboxylic acid groups (broad SMARTS) is 1.